The summed E-state index contributed by atoms with van der Waals surface area (Å²) in [6, 6.07) is 10.8. The Labute approximate surface area is 120 Å². The summed E-state index contributed by atoms with van der Waals surface area (Å²) in [7, 11) is 0. The molecule has 1 fully saturated rings. The van der Waals surface area contributed by atoms with Crippen molar-refractivity contribution >= 4 is 16.9 Å². The molecule has 1 aliphatic carbocycles. The van der Waals surface area contributed by atoms with Crippen LogP contribution in [0.4, 0.5) is 0 Å². The molecule has 1 aliphatic heterocycles. The Morgan fingerprint density at radius 3 is 2.84 bits per heavy atom. The normalized spacial score (nSPS) is 24.1. The van der Waals surface area contributed by atoms with Crippen molar-refractivity contribution in [2.24, 2.45) is 10.9 Å². The molecule has 19 heavy (non-hydrogen) atoms. The number of nitrogens with zero attached hydrogens (tertiary/aromatic N) is 1. The first-order valence-electron chi connectivity index (χ1n) is 7.33. The number of rotatable bonds is 5. The molecule has 2 atom stereocenters. The number of nitrogens with one attached hydrogen (secondary N) is 1. The largest absolute Gasteiger partial charge is 0.365 e. The van der Waals surface area contributed by atoms with Crippen LogP contribution in [0.25, 0.3) is 0 Å². The summed E-state index contributed by atoms with van der Waals surface area (Å²) >= 11 is 1.97. The van der Waals surface area contributed by atoms with Gasteiger partial charge in [0.05, 0.1) is 6.54 Å². The molecule has 3 heteroatoms. The van der Waals surface area contributed by atoms with Gasteiger partial charge < -0.3 is 5.32 Å². The van der Waals surface area contributed by atoms with E-state index in [0.717, 1.165) is 30.7 Å². The summed E-state index contributed by atoms with van der Waals surface area (Å²) in [5, 5.41) is 5.46. The highest BCUT2D eigenvalue weighted by molar-refractivity contribution is 8.14. The van der Waals surface area contributed by atoms with E-state index in [0.29, 0.717) is 5.92 Å². The molecule has 2 aliphatic rings. The van der Waals surface area contributed by atoms with Crippen LogP contribution in [0.15, 0.2) is 35.3 Å². The number of benzene rings is 1. The third kappa shape index (κ3) is 3.53. The van der Waals surface area contributed by atoms with Crippen LogP contribution in [0.5, 0.6) is 0 Å². The van der Waals surface area contributed by atoms with Crippen LogP contribution in [0, 0.1) is 5.92 Å². The minimum atomic E-state index is 0.611. The molecular weight excluding hydrogens is 252 g/mol. The average Bonchev–Trinajstić information content (AvgIpc) is 3.20. The topological polar surface area (TPSA) is 24.4 Å². The maximum atomic E-state index is 4.62. The molecule has 0 bridgehead atoms. The zero-order valence-electron chi connectivity index (χ0n) is 11.5. The van der Waals surface area contributed by atoms with E-state index in [1.54, 1.807) is 0 Å². The number of hydrogen-bond donors (Lipinski definition) is 1. The van der Waals surface area contributed by atoms with E-state index in [1.807, 2.05) is 11.8 Å². The van der Waals surface area contributed by atoms with Gasteiger partial charge in [0.1, 0.15) is 0 Å². The van der Waals surface area contributed by atoms with Crippen LogP contribution in [0.3, 0.4) is 0 Å². The fourth-order valence-electron chi connectivity index (χ4n) is 2.55. The van der Waals surface area contributed by atoms with Crippen molar-refractivity contribution in [1.29, 1.82) is 0 Å². The lowest BCUT2D eigenvalue weighted by Crippen LogP contribution is -2.22. The highest BCUT2D eigenvalue weighted by Crippen LogP contribution is 2.41. The number of amidine groups is 1. The molecule has 3 rings (SSSR count). The quantitative estimate of drug-likeness (QED) is 0.886. The van der Waals surface area contributed by atoms with Crippen molar-refractivity contribution < 1.29 is 0 Å². The van der Waals surface area contributed by atoms with Crippen molar-refractivity contribution in [3.05, 3.63) is 35.9 Å². The first kappa shape index (κ1) is 13.0. The Morgan fingerprint density at radius 1 is 1.32 bits per heavy atom. The molecule has 1 aromatic rings. The third-order valence-electron chi connectivity index (χ3n) is 4.05. The predicted octanol–water partition coefficient (Wildman–Crippen LogP) is 3.65. The fraction of sp³-hybridized carbons (Fsp3) is 0.562. The second-order valence-corrected chi connectivity index (χ2v) is 6.89. The molecule has 0 aromatic heterocycles. The molecule has 1 saturated carbocycles. The standard InChI is InChI=1S/C16H22N2S/c1-12(13-5-3-2-4-6-13)9-10-17-16-18-11-15(19-16)14-7-8-14/h2-6,12,14-15H,7-11H2,1H3,(H,17,18). The van der Waals surface area contributed by atoms with Gasteiger partial charge in [0.15, 0.2) is 5.17 Å². The van der Waals surface area contributed by atoms with Crippen molar-refractivity contribution in [2.75, 3.05) is 13.1 Å². The van der Waals surface area contributed by atoms with Gasteiger partial charge in [-0.15, -0.1) is 0 Å². The van der Waals surface area contributed by atoms with E-state index in [2.05, 4.69) is 47.6 Å². The van der Waals surface area contributed by atoms with Crippen molar-refractivity contribution in [3.8, 4) is 0 Å². The zero-order valence-corrected chi connectivity index (χ0v) is 12.3. The Morgan fingerprint density at radius 2 is 2.11 bits per heavy atom. The van der Waals surface area contributed by atoms with Gasteiger partial charge in [0.2, 0.25) is 0 Å². The van der Waals surface area contributed by atoms with Gasteiger partial charge in [-0.3, -0.25) is 4.99 Å². The van der Waals surface area contributed by atoms with Crippen molar-refractivity contribution in [2.45, 2.75) is 37.4 Å². The lowest BCUT2D eigenvalue weighted by atomic mass is 9.98. The Kier molecular flexibility index (Phi) is 4.12. The van der Waals surface area contributed by atoms with E-state index >= 15 is 0 Å². The summed E-state index contributed by atoms with van der Waals surface area (Å²) in [6.45, 7) is 4.36. The Hall–Kier alpha value is -0.960. The summed E-state index contributed by atoms with van der Waals surface area (Å²) in [6.07, 6.45) is 4.01. The van der Waals surface area contributed by atoms with E-state index in [1.165, 1.54) is 23.6 Å². The Balaban J connectivity index is 1.39. The second-order valence-electron chi connectivity index (χ2n) is 5.67. The molecule has 1 heterocycles. The van der Waals surface area contributed by atoms with Gasteiger partial charge in [-0.25, -0.2) is 0 Å². The monoisotopic (exact) mass is 274 g/mol. The number of aliphatic imine (C=N–C) groups is 1. The van der Waals surface area contributed by atoms with Crippen LogP contribution in [-0.2, 0) is 0 Å². The number of thioether (sulfide) groups is 1. The smallest absolute Gasteiger partial charge is 0.156 e. The molecule has 2 nitrogen and oxygen atoms in total. The molecule has 102 valence electrons. The molecule has 1 aromatic carbocycles. The van der Waals surface area contributed by atoms with Gasteiger partial charge in [-0.05, 0) is 36.7 Å². The van der Waals surface area contributed by atoms with Gasteiger partial charge in [-0.2, -0.15) is 0 Å². The Bertz CT molecular complexity index is 439. The maximum Gasteiger partial charge on any atom is 0.156 e. The molecule has 0 saturated heterocycles. The molecule has 2 unspecified atom stereocenters. The summed E-state index contributed by atoms with van der Waals surface area (Å²) < 4.78 is 0. The van der Waals surface area contributed by atoms with Gasteiger partial charge in [0.25, 0.3) is 0 Å². The van der Waals surface area contributed by atoms with E-state index in [9.17, 15) is 0 Å². The highest BCUT2D eigenvalue weighted by Gasteiger charge is 2.35. The minimum Gasteiger partial charge on any atom is -0.365 e. The third-order valence-corrected chi connectivity index (χ3v) is 5.38. The van der Waals surface area contributed by atoms with E-state index in [4.69, 9.17) is 0 Å². The van der Waals surface area contributed by atoms with E-state index in [-0.39, 0.29) is 0 Å². The first-order chi connectivity index (χ1) is 9.33. The van der Waals surface area contributed by atoms with Gasteiger partial charge in [0, 0.05) is 11.8 Å². The molecule has 0 amide bonds. The van der Waals surface area contributed by atoms with Crippen LogP contribution in [-0.4, -0.2) is 23.5 Å². The second kappa shape index (κ2) is 6.00. The lowest BCUT2D eigenvalue weighted by Gasteiger charge is -2.13. The van der Waals surface area contributed by atoms with Crippen LogP contribution in [0.1, 0.15) is 37.7 Å². The number of hydrogen-bond acceptors (Lipinski definition) is 3. The first-order valence-corrected chi connectivity index (χ1v) is 8.21. The molecule has 0 spiro atoms. The van der Waals surface area contributed by atoms with Gasteiger partial charge in [-0.1, -0.05) is 49.0 Å². The summed E-state index contributed by atoms with van der Waals surface area (Å²) in [5.41, 5.74) is 1.43. The molecule has 1 N–H and O–H groups in total. The fourth-order valence-corrected chi connectivity index (χ4v) is 3.78. The molecular formula is C16H22N2S. The SMILES string of the molecule is CC(CCNC1=NCC(C2CC2)S1)c1ccccc1. The predicted molar refractivity (Wildman–Crippen MR) is 83.9 cm³/mol. The van der Waals surface area contributed by atoms with Crippen LogP contribution < -0.4 is 5.32 Å². The van der Waals surface area contributed by atoms with Gasteiger partial charge >= 0.3 is 0 Å². The lowest BCUT2D eigenvalue weighted by molar-refractivity contribution is 0.663. The average molecular weight is 274 g/mol. The van der Waals surface area contributed by atoms with Crippen molar-refractivity contribution in [3.63, 3.8) is 0 Å². The van der Waals surface area contributed by atoms with Crippen molar-refractivity contribution in [1.82, 2.24) is 5.32 Å². The van der Waals surface area contributed by atoms with Crippen LogP contribution in [0.2, 0.25) is 0 Å². The van der Waals surface area contributed by atoms with E-state index < -0.39 is 0 Å². The summed E-state index contributed by atoms with van der Waals surface area (Å²) in [4.78, 5) is 4.62. The maximum absolute atomic E-state index is 4.62. The minimum absolute atomic E-state index is 0.611. The molecule has 0 radical (unpaired) electrons. The highest BCUT2D eigenvalue weighted by atomic mass is 32.2. The summed E-state index contributed by atoms with van der Waals surface area (Å²) in [5.74, 6) is 1.57. The zero-order chi connectivity index (χ0) is 13.1. The van der Waals surface area contributed by atoms with Crippen LogP contribution >= 0.6 is 11.8 Å².